The molecular weight excluding hydrogens is 310 g/mol. The van der Waals surface area contributed by atoms with Crippen LogP contribution >= 0.6 is 0 Å². The molecule has 0 saturated carbocycles. The van der Waals surface area contributed by atoms with Crippen molar-refractivity contribution in [3.63, 3.8) is 0 Å². The van der Waals surface area contributed by atoms with E-state index in [-0.39, 0.29) is 17.9 Å². The minimum atomic E-state index is -0.939. The van der Waals surface area contributed by atoms with Gasteiger partial charge >= 0.3 is 12.3 Å². The van der Waals surface area contributed by atoms with Gasteiger partial charge in [-0.2, -0.15) is 0 Å². The van der Waals surface area contributed by atoms with Crippen molar-refractivity contribution >= 4 is 11.9 Å². The van der Waals surface area contributed by atoms with Crippen molar-refractivity contribution in [1.29, 1.82) is 0 Å². The standard InChI is InChI=1S/C18H17NO5/c1-9-15(22-2)18(24-17(9)21)23-8-13-12-7-10-5-3-4-6-11(10)14(12)19-16(13)20/h3-6,8,12,14,18H,7H2,1-2H3,(H,19,20)/b13-8+/t12-,14-,18+/m1/s1. The van der Waals surface area contributed by atoms with Gasteiger partial charge in [-0.15, -0.1) is 0 Å². The van der Waals surface area contributed by atoms with Gasteiger partial charge in [0.05, 0.1) is 30.6 Å². The Labute approximate surface area is 139 Å². The number of rotatable bonds is 3. The molecular formula is C18H17NO5. The third-order valence-electron chi connectivity index (χ3n) is 4.82. The van der Waals surface area contributed by atoms with Crippen molar-refractivity contribution in [3.8, 4) is 0 Å². The van der Waals surface area contributed by atoms with Gasteiger partial charge < -0.3 is 19.5 Å². The second-order valence-electron chi connectivity index (χ2n) is 6.10. The summed E-state index contributed by atoms with van der Waals surface area (Å²) in [5.41, 5.74) is 3.33. The molecule has 0 unspecified atom stereocenters. The minimum absolute atomic E-state index is 0.0196. The Bertz CT molecular complexity index is 794. The minimum Gasteiger partial charge on any atom is -0.493 e. The number of benzene rings is 1. The first-order valence-electron chi connectivity index (χ1n) is 7.80. The molecule has 124 valence electrons. The van der Waals surface area contributed by atoms with E-state index in [0.29, 0.717) is 16.9 Å². The molecule has 0 radical (unpaired) electrons. The number of amides is 1. The fourth-order valence-corrected chi connectivity index (χ4v) is 3.59. The topological polar surface area (TPSA) is 73.9 Å². The van der Waals surface area contributed by atoms with Gasteiger partial charge in [0.2, 0.25) is 0 Å². The highest BCUT2D eigenvalue weighted by Crippen LogP contribution is 2.44. The molecule has 1 amide bonds. The van der Waals surface area contributed by atoms with Crippen molar-refractivity contribution in [3.05, 3.63) is 58.6 Å². The number of ether oxygens (including phenoxy) is 3. The predicted octanol–water partition coefficient (Wildman–Crippen LogP) is 1.73. The summed E-state index contributed by atoms with van der Waals surface area (Å²) < 4.78 is 15.8. The van der Waals surface area contributed by atoms with Gasteiger partial charge in [-0.25, -0.2) is 4.79 Å². The first-order valence-corrected chi connectivity index (χ1v) is 7.80. The van der Waals surface area contributed by atoms with Gasteiger partial charge in [0, 0.05) is 5.92 Å². The number of esters is 1. The number of nitrogens with one attached hydrogen (secondary N) is 1. The zero-order valence-corrected chi connectivity index (χ0v) is 13.4. The molecule has 3 aliphatic rings. The van der Waals surface area contributed by atoms with Crippen molar-refractivity contribution in [2.75, 3.05) is 7.11 Å². The number of carbonyl (C=O) groups excluding carboxylic acids is 2. The Hall–Kier alpha value is -2.76. The van der Waals surface area contributed by atoms with E-state index >= 15 is 0 Å². The van der Waals surface area contributed by atoms with Crippen LogP contribution in [0.4, 0.5) is 0 Å². The van der Waals surface area contributed by atoms with Crippen LogP contribution in [0.1, 0.15) is 24.1 Å². The molecule has 1 saturated heterocycles. The lowest BCUT2D eigenvalue weighted by atomic mass is 9.97. The van der Waals surface area contributed by atoms with Gasteiger partial charge in [-0.3, -0.25) is 4.79 Å². The smallest absolute Gasteiger partial charge is 0.340 e. The van der Waals surface area contributed by atoms with Crippen LogP contribution < -0.4 is 5.32 Å². The summed E-state index contributed by atoms with van der Waals surface area (Å²) in [6, 6.07) is 8.07. The van der Waals surface area contributed by atoms with E-state index in [9.17, 15) is 9.59 Å². The highest BCUT2D eigenvalue weighted by atomic mass is 16.7. The first kappa shape index (κ1) is 14.8. The predicted molar refractivity (Wildman–Crippen MR) is 83.3 cm³/mol. The second kappa shape index (κ2) is 5.40. The molecule has 0 aromatic heterocycles. The molecule has 0 spiro atoms. The number of cyclic esters (lactones) is 1. The van der Waals surface area contributed by atoms with Crippen molar-refractivity contribution in [2.45, 2.75) is 25.7 Å². The van der Waals surface area contributed by atoms with E-state index in [1.165, 1.54) is 18.9 Å². The molecule has 1 aromatic rings. The maximum atomic E-state index is 12.3. The van der Waals surface area contributed by atoms with Crippen LogP contribution in [0.25, 0.3) is 0 Å². The summed E-state index contributed by atoms with van der Waals surface area (Å²) in [5, 5.41) is 3.00. The Morgan fingerprint density at radius 1 is 1.29 bits per heavy atom. The van der Waals surface area contributed by atoms with E-state index in [2.05, 4.69) is 11.4 Å². The van der Waals surface area contributed by atoms with Crippen molar-refractivity contribution < 1.29 is 23.8 Å². The average molecular weight is 327 g/mol. The lowest BCUT2D eigenvalue weighted by Crippen LogP contribution is -2.19. The number of hydrogen-bond acceptors (Lipinski definition) is 5. The van der Waals surface area contributed by atoms with E-state index in [1.807, 2.05) is 18.2 Å². The molecule has 1 aliphatic carbocycles. The normalized spacial score (nSPS) is 29.4. The fourth-order valence-electron chi connectivity index (χ4n) is 3.59. The van der Waals surface area contributed by atoms with Crippen LogP contribution in [0.2, 0.25) is 0 Å². The molecule has 2 aliphatic heterocycles. The Kier molecular flexibility index (Phi) is 3.33. The quantitative estimate of drug-likeness (QED) is 0.520. The number of hydrogen-bond donors (Lipinski definition) is 1. The molecule has 0 bridgehead atoms. The van der Waals surface area contributed by atoms with Gasteiger partial charge in [-0.05, 0) is 24.5 Å². The van der Waals surface area contributed by atoms with Gasteiger partial charge in [0.25, 0.3) is 5.91 Å². The summed E-state index contributed by atoms with van der Waals surface area (Å²) in [6.45, 7) is 1.61. The zero-order valence-electron chi connectivity index (χ0n) is 13.4. The molecule has 1 N–H and O–H groups in total. The van der Waals surface area contributed by atoms with Crippen molar-refractivity contribution in [2.24, 2.45) is 5.92 Å². The highest BCUT2D eigenvalue weighted by Gasteiger charge is 2.44. The van der Waals surface area contributed by atoms with Crippen LogP contribution in [0.15, 0.2) is 47.4 Å². The van der Waals surface area contributed by atoms with E-state index < -0.39 is 12.3 Å². The third-order valence-corrected chi connectivity index (χ3v) is 4.82. The van der Waals surface area contributed by atoms with Crippen molar-refractivity contribution in [1.82, 2.24) is 5.32 Å². The lowest BCUT2D eigenvalue weighted by molar-refractivity contribution is -0.155. The van der Waals surface area contributed by atoms with E-state index in [4.69, 9.17) is 14.2 Å². The molecule has 6 nitrogen and oxygen atoms in total. The Balaban J connectivity index is 1.56. The average Bonchev–Trinajstić information content (AvgIpc) is 3.16. The van der Waals surface area contributed by atoms with Crippen LogP contribution in [-0.2, 0) is 30.2 Å². The molecule has 24 heavy (non-hydrogen) atoms. The van der Waals surface area contributed by atoms with E-state index in [0.717, 1.165) is 12.0 Å². The highest BCUT2D eigenvalue weighted by molar-refractivity contribution is 5.97. The summed E-state index contributed by atoms with van der Waals surface area (Å²) in [6.07, 6.45) is 1.25. The number of methoxy groups -OCH3 is 1. The maximum absolute atomic E-state index is 12.3. The number of carbonyl (C=O) groups is 2. The second-order valence-corrected chi connectivity index (χ2v) is 6.10. The largest absolute Gasteiger partial charge is 0.493 e. The molecule has 1 aromatic carbocycles. The third kappa shape index (κ3) is 2.10. The maximum Gasteiger partial charge on any atom is 0.340 e. The number of fused-ring (bicyclic) bond motifs is 3. The monoisotopic (exact) mass is 327 g/mol. The molecule has 4 rings (SSSR count). The molecule has 3 atom stereocenters. The van der Waals surface area contributed by atoms with Crippen LogP contribution in [-0.4, -0.2) is 25.3 Å². The molecule has 6 heteroatoms. The summed E-state index contributed by atoms with van der Waals surface area (Å²) in [7, 11) is 1.45. The Morgan fingerprint density at radius 2 is 2.08 bits per heavy atom. The van der Waals surface area contributed by atoms with Gasteiger partial charge in [0.15, 0.2) is 5.76 Å². The summed E-state index contributed by atoms with van der Waals surface area (Å²) >= 11 is 0. The van der Waals surface area contributed by atoms with Crippen LogP contribution in [0.3, 0.4) is 0 Å². The zero-order chi connectivity index (χ0) is 16.8. The van der Waals surface area contributed by atoms with Crippen LogP contribution in [0, 0.1) is 5.92 Å². The van der Waals surface area contributed by atoms with Crippen LogP contribution in [0.5, 0.6) is 0 Å². The molecule has 2 heterocycles. The molecule has 1 fully saturated rings. The van der Waals surface area contributed by atoms with Gasteiger partial charge in [0.1, 0.15) is 0 Å². The summed E-state index contributed by atoms with van der Waals surface area (Å²) in [4.78, 5) is 23.9. The Morgan fingerprint density at radius 3 is 2.88 bits per heavy atom. The van der Waals surface area contributed by atoms with E-state index in [1.54, 1.807) is 6.92 Å². The first-order chi connectivity index (χ1) is 11.6. The lowest BCUT2D eigenvalue weighted by Gasteiger charge is -2.14. The summed E-state index contributed by atoms with van der Waals surface area (Å²) in [5.74, 6) is -0.259. The fraction of sp³-hybridized carbons (Fsp3) is 0.333. The van der Waals surface area contributed by atoms with Gasteiger partial charge in [-0.1, -0.05) is 24.3 Å². The SMILES string of the molecule is COC1=C(C)C(=O)O[C@@H]1O/C=C1/C(=O)N[C@@H]2c3ccccc3C[C@H]12.